The van der Waals surface area contributed by atoms with Crippen molar-refractivity contribution in [3.63, 3.8) is 0 Å². The molecule has 0 unspecified atom stereocenters. The summed E-state index contributed by atoms with van der Waals surface area (Å²) >= 11 is 2.58. The van der Waals surface area contributed by atoms with Crippen LogP contribution in [0.4, 0.5) is 0 Å². The summed E-state index contributed by atoms with van der Waals surface area (Å²) in [6.45, 7) is 0. The van der Waals surface area contributed by atoms with Gasteiger partial charge in [-0.3, -0.25) is 0 Å². The maximum Gasteiger partial charge on any atom is 0.163 e. The van der Waals surface area contributed by atoms with Gasteiger partial charge >= 0.3 is 0 Å². The van der Waals surface area contributed by atoms with Gasteiger partial charge in [-0.05, 0) is 0 Å². The highest BCUT2D eigenvalue weighted by molar-refractivity contribution is 7.90. The van der Waals surface area contributed by atoms with Crippen molar-refractivity contribution in [3.8, 4) is 21.1 Å². The number of sulfone groups is 1. The van der Waals surface area contributed by atoms with Crippen molar-refractivity contribution < 1.29 is 8.42 Å². The zero-order valence-electron chi connectivity index (χ0n) is 14.0. The van der Waals surface area contributed by atoms with Crippen LogP contribution in [-0.2, 0) is 21.3 Å². The lowest BCUT2D eigenvalue weighted by Crippen LogP contribution is -2.07. The van der Waals surface area contributed by atoms with Gasteiger partial charge in [0, 0.05) is 11.1 Å². The highest BCUT2D eigenvalue weighted by atomic mass is 32.2. The van der Waals surface area contributed by atoms with Crippen molar-refractivity contribution in [3.05, 3.63) is 70.7 Å². The Morgan fingerprint density at radius 2 is 1.04 bits per heavy atom. The highest BCUT2D eigenvalue weighted by Gasteiger charge is 2.20. The second-order valence-corrected chi connectivity index (χ2v) is 9.95. The van der Waals surface area contributed by atoms with Crippen molar-refractivity contribution in [2.45, 2.75) is 11.5 Å². The third-order valence-corrected chi connectivity index (χ3v) is 7.40. The lowest BCUT2D eigenvalue weighted by atomic mass is 10.2. The zero-order valence-corrected chi connectivity index (χ0v) is 16.5. The van der Waals surface area contributed by atoms with Gasteiger partial charge in [0.1, 0.15) is 31.5 Å². The smallest absolute Gasteiger partial charge is 0.163 e. The van der Waals surface area contributed by atoms with Crippen LogP contribution >= 0.6 is 22.7 Å². The first kappa shape index (κ1) is 17.9. The summed E-state index contributed by atoms with van der Waals surface area (Å²) in [6, 6.07) is 19.2. The van der Waals surface area contributed by atoms with Crippen LogP contribution in [0.2, 0.25) is 0 Å². The first-order valence-electron chi connectivity index (χ1n) is 8.05. The van der Waals surface area contributed by atoms with Gasteiger partial charge in [0.05, 0.1) is 0 Å². The standard InChI is InChI=1S/C18H14N4O2S3/c23-27(24,11-15-19-21-17(25-15)13-7-3-1-4-8-13)12-16-20-22-18(26-16)14-9-5-2-6-10-14/h1-10H,11-12H2. The SMILES string of the molecule is O=S(=O)(Cc1nnc(-c2ccccc2)s1)Cc1nnc(-c2ccccc2)s1. The fraction of sp³-hybridized carbons (Fsp3) is 0.111. The average molecular weight is 415 g/mol. The number of rotatable bonds is 6. The van der Waals surface area contributed by atoms with Gasteiger partial charge in [-0.25, -0.2) is 8.42 Å². The molecule has 2 heterocycles. The maximum atomic E-state index is 12.5. The molecule has 0 bridgehead atoms. The third kappa shape index (κ3) is 4.44. The van der Waals surface area contributed by atoms with Gasteiger partial charge < -0.3 is 0 Å². The van der Waals surface area contributed by atoms with Crippen LogP contribution in [0.15, 0.2) is 60.7 Å². The Morgan fingerprint density at radius 1 is 0.630 bits per heavy atom. The van der Waals surface area contributed by atoms with Crippen LogP contribution < -0.4 is 0 Å². The second-order valence-electron chi connectivity index (χ2n) is 5.77. The van der Waals surface area contributed by atoms with E-state index in [-0.39, 0.29) is 11.5 Å². The molecule has 0 aliphatic heterocycles. The highest BCUT2D eigenvalue weighted by Crippen LogP contribution is 2.27. The van der Waals surface area contributed by atoms with E-state index >= 15 is 0 Å². The molecule has 9 heteroatoms. The van der Waals surface area contributed by atoms with E-state index in [2.05, 4.69) is 20.4 Å². The first-order valence-corrected chi connectivity index (χ1v) is 11.5. The zero-order chi connectivity index (χ0) is 18.7. The molecular weight excluding hydrogens is 400 g/mol. The molecule has 0 radical (unpaired) electrons. The Balaban J connectivity index is 1.47. The topological polar surface area (TPSA) is 85.7 Å². The fourth-order valence-corrected chi connectivity index (χ4v) is 6.25. The van der Waals surface area contributed by atoms with E-state index in [9.17, 15) is 8.42 Å². The molecule has 4 aromatic rings. The van der Waals surface area contributed by atoms with Crippen molar-refractivity contribution in [1.29, 1.82) is 0 Å². The molecule has 0 aliphatic rings. The van der Waals surface area contributed by atoms with E-state index in [1.54, 1.807) is 0 Å². The van der Waals surface area contributed by atoms with Gasteiger partial charge in [0.2, 0.25) is 0 Å². The predicted molar refractivity (Wildman–Crippen MR) is 107 cm³/mol. The van der Waals surface area contributed by atoms with Gasteiger partial charge in [0.25, 0.3) is 0 Å². The Morgan fingerprint density at radius 3 is 1.44 bits per heavy atom. The van der Waals surface area contributed by atoms with Gasteiger partial charge in [-0.2, -0.15) is 0 Å². The van der Waals surface area contributed by atoms with Crippen LogP contribution in [0.1, 0.15) is 10.0 Å². The van der Waals surface area contributed by atoms with E-state index in [0.717, 1.165) is 11.1 Å². The summed E-state index contributed by atoms with van der Waals surface area (Å²) in [5.74, 6) is -0.310. The molecular formula is C18H14N4O2S3. The summed E-state index contributed by atoms with van der Waals surface area (Å²) in [5.41, 5.74) is 1.85. The number of hydrogen-bond donors (Lipinski definition) is 0. The molecule has 0 spiro atoms. The number of aromatic nitrogens is 4. The van der Waals surface area contributed by atoms with E-state index < -0.39 is 9.84 Å². The first-order chi connectivity index (χ1) is 13.1. The van der Waals surface area contributed by atoms with E-state index in [0.29, 0.717) is 20.0 Å². The molecule has 0 saturated carbocycles. The van der Waals surface area contributed by atoms with Crippen molar-refractivity contribution in [1.82, 2.24) is 20.4 Å². The number of benzene rings is 2. The van der Waals surface area contributed by atoms with E-state index in [1.165, 1.54) is 22.7 Å². The third-order valence-electron chi connectivity index (χ3n) is 3.66. The largest absolute Gasteiger partial charge is 0.228 e. The quantitative estimate of drug-likeness (QED) is 0.476. The molecule has 0 atom stereocenters. The summed E-state index contributed by atoms with van der Waals surface area (Å²) in [5, 5.41) is 18.6. The minimum atomic E-state index is -3.41. The Kier molecular flexibility index (Phi) is 5.06. The van der Waals surface area contributed by atoms with Crippen molar-refractivity contribution in [2.24, 2.45) is 0 Å². The lowest BCUT2D eigenvalue weighted by molar-refractivity contribution is 0.593. The van der Waals surface area contributed by atoms with Crippen LogP contribution in [0.3, 0.4) is 0 Å². The van der Waals surface area contributed by atoms with Crippen LogP contribution in [0.5, 0.6) is 0 Å². The predicted octanol–water partition coefficient (Wildman–Crippen LogP) is 3.84. The summed E-state index contributed by atoms with van der Waals surface area (Å²) in [7, 11) is -3.41. The molecule has 136 valence electrons. The molecule has 4 rings (SSSR count). The maximum absolute atomic E-state index is 12.5. The fourth-order valence-electron chi connectivity index (χ4n) is 2.45. The van der Waals surface area contributed by atoms with Crippen molar-refractivity contribution >= 4 is 32.5 Å². The Labute approximate surface area is 164 Å². The molecule has 27 heavy (non-hydrogen) atoms. The minimum Gasteiger partial charge on any atom is -0.228 e. The summed E-state index contributed by atoms with van der Waals surface area (Å²) in [6.07, 6.45) is 0. The van der Waals surface area contributed by atoms with Crippen LogP contribution in [0.25, 0.3) is 21.1 Å². The molecule has 0 N–H and O–H groups in total. The Bertz CT molecular complexity index is 1050. The molecule has 6 nitrogen and oxygen atoms in total. The van der Waals surface area contributed by atoms with Gasteiger partial charge in [-0.15, -0.1) is 20.4 Å². The van der Waals surface area contributed by atoms with Gasteiger partial charge in [0.15, 0.2) is 9.84 Å². The van der Waals surface area contributed by atoms with Crippen molar-refractivity contribution in [2.75, 3.05) is 0 Å². The lowest BCUT2D eigenvalue weighted by Gasteiger charge is -1.98. The summed E-state index contributed by atoms with van der Waals surface area (Å²) < 4.78 is 25.1. The molecule has 2 aromatic carbocycles. The minimum absolute atomic E-state index is 0.155. The van der Waals surface area contributed by atoms with Crippen LogP contribution in [-0.4, -0.2) is 28.8 Å². The number of hydrogen-bond acceptors (Lipinski definition) is 8. The molecule has 2 aromatic heterocycles. The average Bonchev–Trinajstić information content (AvgIpc) is 3.32. The monoisotopic (exact) mass is 414 g/mol. The molecule has 0 amide bonds. The molecule has 0 aliphatic carbocycles. The van der Waals surface area contributed by atoms with E-state index in [1.807, 2.05) is 60.7 Å². The molecule has 0 fully saturated rings. The summed E-state index contributed by atoms with van der Waals surface area (Å²) in [4.78, 5) is 0. The number of nitrogens with zero attached hydrogens (tertiary/aromatic N) is 4. The van der Waals surface area contributed by atoms with E-state index in [4.69, 9.17) is 0 Å². The van der Waals surface area contributed by atoms with Gasteiger partial charge in [-0.1, -0.05) is 83.3 Å². The normalized spacial score (nSPS) is 11.6. The molecule has 0 saturated heterocycles. The Hall–Kier alpha value is -2.49. The second kappa shape index (κ2) is 7.63. The van der Waals surface area contributed by atoms with Crippen LogP contribution in [0, 0.1) is 0 Å².